The van der Waals surface area contributed by atoms with Gasteiger partial charge in [-0.1, -0.05) is 72.9 Å². The van der Waals surface area contributed by atoms with Gasteiger partial charge in [-0.3, -0.25) is 0 Å². The Bertz CT molecular complexity index is 1010. The van der Waals surface area contributed by atoms with Crippen molar-refractivity contribution >= 4 is 39.1 Å². The third-order valence-electron chi connectivity index (χ3n) is 4.52. The van der Waals surface area contributed by atoms with Gasteiger partial charge in [0.2, 0.25) is 0 Å². The first-order valence-electron chi connectivity index (χ1n) is 9.05. The predicted octanol–water partition coefficient (Wildman–Crippen LogP) is 6.59. The smallest absolute Gasteiger partial charge is 0.409 e. The zero-order valence-corrected chi connectivity index (χ0v) is 17.2. The van der Waals surface area contributed by atoms with Crippen molar-refractivity contribution in [2.75, 3.05) is 0 Å². The second kappa shape index (κ2) is 8.78. The van der Waals surface area contributed by atoms with E-state index in [-0.39, 0.29) is 0 Å². The molecule has 0 aliphatic rings. The molecule has 0 atom stereocenters. The average Bonchev–Trinajstić information content (AvgIpc) is 2.63. The summed E-state index contributed by atoms with van der Waals surface area (Å²) in [5.41, 5.74) is 2.52. The van der Waals surface area contributed by atoms with Crippen LogP contribution in [0.4, 0.5) is 0 Å². The number of fused-ring (bicyclic) bond motifs is 1. The van der Waals surface area contributed by atoms with E-state index in [9.17, 15) is 4.79 Å². The van der Waals surface area contributed by atoms with Gasteiger partial charge < -0.3 is 4.42 Å². The molecule has 26 heavy (non-hydrogen) atoms. The van der Waals surface area contributed by atoms with E-state index in [0.717, 1.165) is 22.0 Å². The molecule has 0 aliphatic heterocycles. The van der Waals surface area contributed by atoms with Gasteiger partial charge in [0.25, 0.3) is 0 Å². The Balaban J connectivity index is 1.85. The second-order valence-corrected chi connectivity index (χ2v) is 7.78. The van der Waals surface area contributed by atoms with Crippen LogP contribution in [0.1, 0.15) is 44.6 Å². The van der Waals surface area contributed by atoms with Crippen LogP contribution in [0.5, 0.6) is 0 Å². The highest BCUT2D eigenvalue weighted by Gasteiger charge is 2.09. The largest absolute Gasteiger partial charge is 0.425 e. The van der Waals surface area contributed by atoms with Crippen molar-refractivity contribution in [2.24, 2.45) is 0 Å². The Hall–Kier alpha value is -1.72. The van der Waals surface area contributed by atoms with E-state index in [4.69, 9.17) is 16.6 Å². The van der Waals surface area contributed by atoms with Crippen LogP contribution >= 0.6 is 28.1 Å². The Labute approximate surface area is 166 Å². The Kier molecular flexibility index (Phi) is 6.43. The number of hydrogen-bond acceptors (Lipinski definition) is 3. The molecular weight excluding hydrogens is 410 g/mol. The highest BCUT2D eigenvalue weighted by molar-refractivity contribution is 9.10. The monoisotopic (exact) mass is 431 g/mol. The predicted molar refractivity (Wildman–Crippen MR) is 113 cm³/mol. The number of hydrogen-bond donors (Lipinski definition) is 0. The standard InChI is InChI=1S/C21H22BrNO2S/c1-2-3-4-5-6-7-15-8-11-17(12-9-15)23-20(26)18-14-16(22)10-13-19(18)25-21(23)24/h8-14H,2-7H2,1H3. The number of benzene rings is 2. The first-order valence-corrected chi connectivity index (χ1v) is 10.2. The highest BCUT2D eigenvalue weighted by atomic mass is 79.9. The summed E-state index contributed by atoms with van der Waals surface area (Å²) in [6.07, 6.45) is 7.41. The molecule has 3 nitrogen and oxygen atoms in total. The number of aryl methyl sites for hydroxylation is 1. The van der Waals surface area contributed by atoms with E-state index in [1.165, 1.54) is 42.2 Å². The lowest BCUT2D eigenvalue weighted by atomic mass is 10.1. The third-order valence-corrected chi connectivity index (χ3v) is 5.41. The van der Waals surface area contributed by atoms with Crippen molar-refractivity contribution in [1.29, 1.82) is 0 Å². The van der Waals surface area contributed by atoms with Gasteiger partial charge in [0, 0.05) is 4.47 Å². The van der Waals surface area contributed by atoms with E-state index >= 15 is 0 Å². The van der Waals surface area contributed by atoms with Crippen LogP contribution in [0.25, 0.3) is 16.7 Å². The number of nitrogens with zero attached hydrogens (tertiary/aromatic N) is 1. The molecule has 1 heterocycles. The summed E-state index contributed by atoms with van der Waals surface area (Å²) in [4.78, 5) is 12.4. The van der Waals surface area contributed by atoms with Gasteiger partial charge in [-0.2, -0.15) is 0 Å². The number of rotatable bonds is 7. The molecule has 136 valence electrons. The van der Waals surface area contributed by atoms with Crippen LogP contribution in [0, 0.1) is 4.64 Å². The normalized spacial score (nSPS) is 11.2. The molecule has 0 fully saturated rings. The topological polar surface area (TPSA) is 35.1 Å². The highest BCUT2D eigenvalue weighted by Crippen LogP contribution is 2.21. The molecule has 0 amide bonds. The summed E-state index contributed by atoms with van der Waals surface area (Å²) in [6.45, 7) is 2.23. The third kappa shape index (κ3) is 4.33. The van der Waals surface area contributed by atoms with Gasteiger partial charge in [0.1, 0.15) is 10.2 Å². The Morgan fingerprint density at radius 2 is 1.77 bits per heavy atom. The van der Waals surface area contributed by atoms with Crippen molar-refractivity contribution in [3.8, 4) is 5.69 Å². The molecular formula is C21H22BrNO2S. The fourth-order valence-corrected chi connectivity index (χ4v) is 3.77. The molecule has 0 saturated carbocycles. The van der Waals surface area contributed by atoms with Crippen molar-refractivity contribution < 1.29 is 4.42 Å². The van der Waals surface area contributed by atoms with Gasteiger partial charge >= 0.3 is 5.76 Å². The molecule has 1 aromatic heterocycles. The van der Waals surface area contributed by atoms with Gasteiger partial charge in [-0.15, -0.1) is 0 Å². The zero-order chi connectivity index (χ0) is 18.5. The number of aromatic nitrogens is 1. The van der Waals surface area contributed by atoms with Crippen LogP contribution in [0.2, 0.25) is 0 Å². The van der Waals surface area contributed by atoms with Crippen LogP contribution in [0.15, 0.2) is 56.1 Å². The van der Waals surface area contributed by atoms with Gasteiger partial charge in [-0.25, -0.2) is 9.36 Å². The van der Waals surface area contributed by atoms with E-state index in [2.05, 4.69) is 35.0 Å². The first kappa shape index (κ1) is 19.1. The van der Waals surface area contributed by atoms with E-state index in [1.807, 2.05) is 24.3 Å². The molecule has 5 heteroatoms. The van der Waals surface area contributed by atoms with Crippen LogP contribution < -0.4 is 5.76 Å². The lowest BCUT2D eigenvalue weighted by molar-refractivity contribution is 0.507. The summed E-state index contributed by atoms with van der Waals surface area (Å²) in [5.74, 6) is -0.461. The fraction of sp³-hybridized carbons (Fsp3) is 0.333. The van der Waals surface area contributed by atoms with E-state index < -0.39 is 5.76 Å². The van der Waals surface area contributed by atoms with E-state index in [0.29, 0.717) is 10.2 Å². The minimum Gasteiger partial charge on any atom is -0.409 e. The molecule has 0 unspecified atom stereocenters. The number of halogens is 1. The SMILES string of the molecule is CCCCCCCc1ccc(-n2c(=O)oc3ccc(Br)cc3c2=S)cc1. The minimum atomic E-state index is -0.461. The maximum Gasteiger partial charge on any atom is 0.425 e. The van der Waals surface area contributed by atoms with E-state index in [1.54, 1.807) is 6.07 Å². The molecule has 0 spiro atoms. The number of unbranched alkanes of at least 4 members (excludes halogenated alkanes) is 4. The molecule has 0 saturated heterocycles. The molecule has 0 N–H and O–H groups in total. The lowest BCUT2D eigenvalue weighted by Crippen LogP contribution is -2.18. The van der Waals surface area contributed by atoms with Gasteiger partial charge in [-0.05, 0) is 48.7 Å². The summed E-state index contributed by atoms with van der Waals surface area (Å²) in [6, 6.07) is 13.5. The summed E-state index contributed by atoms with van der Waals surface area (Å²) < 4.78 is 8.25. The Morgan fingerprint density at radius 3 is 2.50 bits per heavy atom. The Morgan fingerprint density at radius 1 is 1.04 bits per heavy atom. The second-order valence-electron chi connectivity index (χ2n) is 6.48. The van der Waals surface area contributed by atoms with Crippen molar-refractivity contribution in [1.82, 2.24) is 4.57 Å². The fourth-order valence-electron chi connectivity index (χ4n) is 3.07. The van der Waals surface area contributed by atoms with Crippen molar-refractivity contribution in [3.05, 3.63) is 67.7 Å². The van der Waals surface area contributed by atoms with Gasteiger partial charge in [0.15, 0.2) is 0 Å². The zero-order valence-electron chi connectivity index (χ0n) is 14.8. The van der Waals surface area contributed by atoms with Crippen LogP contribution in [-0.4, -0.2) is 4.57 Å². The van der Waals surface area contributed by atoms with Crippen molar-refractivity contribution in [3.63, 3.8) is 0 Å². The van der Waals surface area contributed by atoms with Crippen LogP contribution in [-0.2, 0) is 6.42 Å². The van der Waals surface area contributed by atoms with Crippen molar-refractivity contribution in [2.45, 2.75) is 45.4 Å². The molecule has 2 aromatic carbocycles. The average molecular weight is 432 g/mol. The summed E-state index contributed by atoms with van der Waals surface area (Å²) in [5, 5.41) is 0.744. The maximum absolute atomic E-state index is 12.4. The molecule has 0 radical (unpaired) electrons. The quantitative estimate of drug-likeness (QED) is 0.312. The summed E-state index contributed by atoms with van der Waals surface area (Å²) >= 11 is 8.99. The molecule has 0 aliphatic carbocycles. The maximum atomic E-state index is 12.4. The molecule has 0 bridgehead atoms. The summed E-state index contributed by atoms with van der Waals surface area (Å²) in [7, 11) is 0. The minimum absolute atomic E-state index is 0.461. The lowest BCUT2D eigenvalue weighted by Gasteiger charge is -2.08. The van der Waals surface area contributed by atoms with Gasteiger partial charge in [0.05, 0.1) is 11.1 Å². The molecule has 3 aromatic rings. The first-order chi connectivity index (χ1) is 12.6. The molecule has 3 rings (SSSR count). The van der Waals surface area contributed by atoms with Crippen LogP contribution in [0.3, 0.4) is 0 Å².